The van der Waals surface area contributed by atoms with Gasteiger partial charge in [-0.3, -0.25) is 4.79 Å². The molecular formula is C20H22N4O4S. The standard InChI is InChI=1S/C20H22N4O4S/c1-14-5-6-23-13-17(22-19(23)11-14)20(25)21-16-4-3-15(2)18(12-16)29(26,27)24-7-9-28-10-8-24/h3-6,11-13H,7-10H2,1-2H3,(H,21,25). The van der Waals surface area contributed by atoms with Crippen LogP contribution < -0.4 is 5.32 Å². The molecule has 1 saturated heterocycles. The summed E-state index contributed by atoms with van der Waals surface area (Å²) in [4.78, 5) is 17.2. The van der Waals surface area contributed by atoms with Crippen LogP contribution in [0.25, 0.3) is 5.65 Å². The zero-order valence-electron chi connectivity index (χ0n) is 16.3. The molecule has 0 atom stereocenters. The Morgan fingerprint density at radius 2 is 1.90 bits per heavy atom. The van der Waals surface area contributed by atoms with E-state index in [1.807, 2.05) is 25.3 Å². The Kier molecular flexibility index (Phi) is 5.12. The molecule has 0 unspecified atom stereocenters. The first-order chi connectivity index (χ1) is 13.8. The van der Waals surface area contributed by atoms with Gasteiger partial charge in [0.05, 0.1) is 18.1 Å². The quantitative estimate of drug-likeness (QED) is 0.707. The van der Waals surface area contributed by atoms with Gasteiger partial charge in [0, 0.05) is 31.2 Å². The van der Waals surface area contributed by atoms with E-state index >= 15 is 0 Å². The maximum absolute atomic E-state index is 13.0. The summed E-state index contributed by atoms with van der Waals surface area (Å²) in [7, 11) is -3.66. The van der Waals surface area contributed by atoms with Crippen molar-refractivity contribution in [2.24, 2.45) is 0 Å². The number of hydrogen-bond acceptors (Lipinski definition) is 5. The van der Waals surface area contributed by atoms with E-state index in [9.17, 15) is 13.2 Å². The third-order valence-electron chi connectivity index (χ3n) is 4.88. The second-order valence-electron chi connectivity index (χ2n) is 7.05. The maximum atomic E-state index is 13.0. The number of morpholine rings is 1. The summed E-state index contributed by atoms with van der Waals surface area (Å²) in [6, 6.07) is 8.69. The van der Waals surface area contributed by atoms with Gasteiger partial charge in [-0.1, -0.05) is 6.07 Å². The van der Waals surface area contributed by atoms with E-state index in [1.165, 1.54) is 10.4 Å². The molecule has 4 rings (SSSR count). The molecule has 0 spiro atoms. The minimum absolute atomic E-state index is 0.183. The number of imidazole rings is 1. The largest absolute Gasteiger partial charge is 0.379 e. The molecule has 0 aliphatic carbocycles. The van der Waals surface area contributed by atoms with Crippen molar-refractivity contribution in [3.8, 4) is 0 Å². The molecule has 1 aliphatic rings. The van der Waals surface area contributed by atoms with E-state index in [1.54, 1.807) is 29.7 Å². The Balaban J connectivity index is 1.60. The fraction of sp³-hybridized carbons (Fsp3) is 0.300. The van der Waals surface area contributed by atoms with Gasteiger partial charge in [0.25, 0.3) is 5.91 Å². The molecule has 29 heavy (non-hydrogen) atoms. The molecule has 1 N–H and O–H groups in total. The van der Waals surface area contributed by atoms with Gasteiger partial charge in [0.15, 0.2) is 0 Å². The summed E-state index contributed by atoms with van der Waals surface area (Å²) in [5.74, 6) is -0.398. The Morgan fingerprint density at radius 1 is 1.14 bits per heavy atom. The molecule has 1 fully saturated rings. The van der Waals surface area contributed by atoms with Crippen molar-refractivity contribution in [3.63, 3.8) is 0 Å². The van der Waals surface area contributed by atoms with Crippen LogP contribution in [0.1, 0.15) is 21.6 Å². The highest BCUT2D eigenvalue weighted by Crippen LogP contribution is 2.24. The first kappa shape index (κ1) is 19.6. The summed E-state index contributed by atoms with van der Waals surface area (Å²) in [6.45, 7) is 5.09. The van der Waals surface area contributed by atoms with Crippen molar-refractivity contribution >= 4 is 27.3 Å². The number of nitrogens with one attached hydrogen (secondary N) is 1. The predicted octanol–water partition coefficient (Wildman–Crippen LogP) is 2.22. The van der Waals surface area contributed by atoms with Gasteiger partial charge in [0.1, 0.15) is 11.3 Å². The van der Waals surface area contributed by atoms with Crippen LogP contribution in [0.3, 0.4) is 0 Å². The lowest BCUT2D eigenvalue weighted by Crippen LogP contribution is -2.40. The molecule has 9 heteroatoms. The highest BCUT2D eigenvalue weighted by atomic mass is 32.2. The number of sulfonamides is 1. The Morgan fingerprint density at radius 3 is 2.66 bits per heavy atom. The highest BCUT2D eigenvalue weighted by molar-refractivity contribution is 7.89. The Bertz CT molecular complexity index is 1180. The number of fused-ring (bicyclic) bond motifs is 1. The van der Waals surface area contributed by atoms with Crippen LogP contribution in [-0.2, 0) is 14.8 Å². The molecule has 0 radical (unpaired) electrons. The summed E-state index contributed by atoms with van der Waals surface area (Å²) in [6.07, 6.45) is 3.48. The number of ether oxygens (including phenoxy) is 1. The molecule has 1 aromatic carbocycles. The number of amides is 1. The third kappa shape index (κ3) is 3.89. The van der Waals surface area contributed by atoms with Gasteiger partial charge in [-0.25, -0.2) is 13.4 Å². The van der Waals surface area contributed by atoms with Gasteiger partial charge >= 0.3 is 0 Å². The number of carbonyl (C=O) groups excluding carboxylic acids is 1. The summed E-state index contributed by atoms with van der Waals surface area (Å²) in [5, 5.41) is 2.75. The van der Waals surface area contributed by atoms with E-state index in [0.717, 1.165) is 5.56 Å². The molecular weight excluding hydrogens is 392 g/mol. The van der Waals surface area contributed by atoms with E-state index in [-0.39, 0.29) is 10.6 Å². The van der Waals surface area contributed by atoms with Crippen molar-refractivity contribution in [2.75, 3.05) is 31.6 Å². The van der Waals surface area contributed by atoms with Gasteiger partial charge in [0.2, 0.25) is 10.0 Å². The fourth-order valence-electron chi connectivity index (χ4n) is 3.27. The average Bonchev–Trinajstić information content (AvgIpc) is 3.13. The SMILES string of the molecule is Cc1ccn2cc(C(=O)Nc3ccc(C)c(S(=O)(=O)N4CCOCC4)c3)nc2c1. The van der Waals surface area contributed by atoms with Crippen molar-refractivity contribution in [2.45, 2.75) is 18.7 Å². The molecule has 2 aromatic heterocycles. The van der Waals surface area contributed by atoms with E-state index < -0.39 is 15.9 Å². The monoisotopic (exact) mass is 414 g/mol. The molecule has 1 aliphatic heterocycles. The first-order valence-corrected chi connectivity index (χ1v) is 10.7. The lowest BCUT2D eigenvalue weighted by molar-refractivity contribution is 0.0730. The summed E-state index contributed by atoms with van der Waals surface area (Å²) < 4.78 is 34.4. The summed E-state index contributed by atoms with van der Waals surface area (Å²) >= 11 is 0. The lowest BCUT2D eigenvalue weighted by Gasteiger charge is -2.26. The number of anilines is 1. The van der Waals surface area contributed by atoms with E-state index in [4.69, 9.17) is 4.74 Å². The molecule has 8 nitrogen and oxygen atoms in total. The van der Waals surface area contributed by atoms with Crippen LogP contribution in [0.15, 0.2) is 47.6 Å². The van der Waals surface area contributed by atoms with Crippen molar-refractivity contribution in [3.05, 3.63) is 59.5 Å². The second-order valence-corrected chi connectivity index (χ2v) is 8.95. The number of aryl methyl sites for hydroxylation is 2. The van der Waals surface area contributed by atoms with Gasteiger partial charge in [-0.15, -0.1) is 0 Å². The maximum Gasteiger partial charge on any atom is 0.275 e. The molecule has 0 bridgehead atoms. The van der Waals surface area contributed by atoms with Crippen LogP contribution in [0.4, 0.5) is 5.69 Å². The number of hydrogen-bond donors (Lipinski definition) is 1. The second kappa shape index (κ2) is 7.58. The van der Waals surface area contributed by atoms with Crippen molar-refractivity contribution in [1.29, 1.82) is 0 Å². The van der Waals surface area contributed by atoms with Gasteiger partial charge in [-0.2, -0.15) is 4.31 Å². The highest BCUT2D eigenvalue weighted by Gasteiger charge is 2.28. The first-order valence-electron chi connectivity index (χ1n) is 9.30. The normalized spacial score (nSPS) is 15.5. The Hall–Kier alpha value is -2.75. The van der Waals surface area contributed by atoms with Crippen LogP contribution in [0.2, 0.25) is 0 Å². The third-order valence-corrected chi connectivity index (χ3v) is 6.92. The van der Waals surface area contributed by atoms with Crippen molar-refractivity contribution < 1.29 is 17.9 Å². The lowest BCUT2D eigenvalue weighted by atomic mass is 10.2. The van der Waals surface area contributed by atoms with Crippen LogP contribution >= 0.6 is 0 Å². The van der Waals surface area contributed by atoms with Crippen molar-refractivity contribution in [1.82, 2.24) is 13.7 Å². The van der Waals surface area contributed by atoms with E-state index in [2.05, 4.69) is 10.3 Å². The zero-order chi connectivity index (χ0) is 20.6. The number of nitrogens with zero attached hydrogens (tertiary/aromatic N) is 3. The van der Waals surface area contributed by atoms with Gasteiger partial charge in [-0.05, 0) is 49.2 Å². The van der Waals surface area contributed by atoms with Crippen LogP contribution in [-0.4, -0.2) is 54.3 Å². The number of rotatable bonds is 4. The number of aromatic nitrogens is 2. The minimum Gasteiger partial charge on any atom is -0.379 e. The van der Waals surface area contributed by atoms with E-state index in [0.29, 0.717) is 43.2 Å². The fourth-order valence-corrected chi connectivity index (χ4v) is 4.93. The zero-order valence-corrected chi connectivity index (χ0v) is 17.1. The van der Waals surface area contributed by atoms with Gasteiger partial charge < -0.3 is 14.5 Å². The predicted molar refractivity (Wildman–Crippen MR) is 109 cm³/mol. The number of carbonyl (C=O) groups is 1. The molecule has 3 aromatic rings. The molecule has 1 amide bonds. The molecule has 152 valence electrons. The molecule has 0 saturated carbocycles. The summed E-state index contributed by atoms with van der Waals surface area (Å²) in [5.41, 5.74) is 3.01. The Labute approximate surface area is 169 Å². The van der Waals surface area contributed by atoms with Crippen LogP contribution in [0.5, 0.6) is 0 Å². The average molecular weight is 414 g/mol. The minimum atomic E-state index is -3.66. The topological polar surface area (TPSA) is 93.0 Å². The smallest absolute Gasteiger partial charge is 0.275 e. The number of pyridine rings is 1. The molecule has 3 heterocycles. The number of benzene rings is 1. The van der Waals surface area contributed by atoms with Crippen LogP contribution in [0, 0.1) is 13.8 Å².